The lowest BCUT2D eigenvalue weighted by atomic mass is 10.0. The smallest absolute Gasteiger partial charge is 0.228 e. The second-order valence-electron chi connectivity index (χ2n) is 7.33. The molecule has 2 heterocycles. The number of anilines is 1. The molecule has 1 aliphatic rings. The number of nitrogens with one attached hydrogen (secondary N) is 1. The van der Waals surface area contributed by atoms with E-state index >= 15 is 0 Å². The summed E-state index contributed by atoms with van der Waals surface area (Å²) in [5.74, 6) is 0.406. The second-order valence-corrected chi connectivity index (χ2v) is 7.33. The lowest BCUT2D eigenvalue weighted by Gasteiger charge is -2.08. The van der Waals surface area contributed by atoms with Crippen molar-refractivity contribution in [1.82, 2.24) is 14.8 Å². The van der Waals surface area contributed by atoms with E-state index in [0.717, 1.165) is 41.6 Å². The van der Waals surface area contributed by atoms with Gasteiger partial charge in [0.05, 0.1) is 0 Å². The summed E-state index contributed by atoms with van der Waals surface area (Å²) in [7, 11) is 0. The number of carbonyl (C=O) groups is 1. The third-order valence-corrected chi connectivity index (χ3v) is 5.16. The van der Waals surface area contributed by atoms with Crippen molar-refractivity contribution in [3.8, 4) is 22.4 Å². The van der Waals surface area contributed by atoms with E-state index in [-0.39, 0.29) is 23.7 Å². The minimum absolute atomic E-state index is 0.0266. The molecule has 28 heavy (non-hydrogen) atoms. The Morgan fingerprint density at radius 2 is 2.00 bits per heavy atom. The molecule has 2 aromatic heterocycles. The molecule has 5 nitrogen and oxygen atoms in total. The Kier molecular flexibility index (Phi) is 4.94. The Bertz CT molecular complexity index is 992. The number of amides is 1. The Labute approximate surface area is 163 Å². The van der Waals surface area contributed by atoms with Crippen molar-refractivity contribution in [2.45, 2.75) is 39.2 Å². The summed E-state index contributed by atoms with van der Waals surface area (Å²) >= 11 is 0. The Morgan fingerprint density at radius 1 is 1.25 bits per heavy atom. The number of aromatic nitrogens is 3. The summed E-state index contributed by atoms with van der Waals surface area (Å²) < 4.78 is 15.3. The average molecular weight is 378 g/mol. The third-order valence-electron chi connectivity index (χ3n) is 5.16. The molecule has 0 aliphatic heterocycles. The van der Waals surface area contributed by atoms with Crippen LogP contribution >= 0.6 is 0 Å². The highest BCUT2D eigenvalue weighted by Gasteiger charge is 2.29. The molecule has 1 atom stereocenters. The number of nitrogens with zero attached hydrogens (tertiary/aromatic N) is 3. The number of hydrogen-bond donors (Lipinski definition) is 1. The van der Waals surface area contributed by atoms with Crippen molar-refractivity contribution in [3.05, 3.63) is 54.6 Å². The van der Waals surface area contributed by atoms with Gasteiger partial charge < -0.3 is 5.32 Å². The van der Waals surface area contributed by atoms with Crippen molar-refractivity contribution < 1.29 is 9.18 Å². The average Bonchev–Trinajstić information content (AvgIpc) is 3.47. The molecule has 1 fully saturated rings. The van der Waals surface area contributed by atoms with Gasteiger partial charge in [0.2, 0.25) is 5.91 Å². The van der Waals surface area contributed by atoms with Gasteiger partial charge in [0, 0.05) is 35.5 Å². The van der Waals surface area contributed by atoms with Gasteiger partial charge in [-0.15, -0.1) is 0 Å². The van der Waals surface area contributed by atoms with Gasteiger partial charge in [-0.25, -0.2) is 9.37 Å². The van der Waals surface area contributed by atoms with Crippen LogP contribution in [0.2, 0.25) is 0 Å². The maximum Gasteiger partial charge on any atom is 0.228 e. The van der Waals surface area contributed by atoms with Crippen molar-refractivity contribution in [2.24, 2.45) is 5.92 Å². The predicted molar refractivity (Wildman–Crippen MR) is 107 cm³/mol. The maximum absolute atomic E-state index is 13.4. The number of carbonyl (C=O) groups excluding carboxylic acids is 1. The van der Waals surface area contributed by atoms with Gasteiger partial charge in [-0.3, -0.25) is 9.48 Å². The standard InChI is InChI=1S/C22H23FN4O/c1-3-14(2)27-13-19(21(26-27)15-6-8-18(23)9-7-15)17-10-11-24-20(12-17)25-22(28)16-4-5-16/h6-14,16H,3-5H2,1-2H3,(H,24,25,28). The number of pyridine rings is 1. The maximum atomic E-state index is 13.4. The van der Waals surface area contributed by atoms with Crippen LogP contribution in [0.1, 0.15) is 39.2 Å². The zero-order valence-corrected chi connectivity index (χ0v) is 16.0. The molecule has 1 unspecified atom stereocenters. The molecule has 0 bridgehead atoms. The van der Waals surface area contributed by atoms with E-state index in [4.69, 9.17) is 5.10 Å². The number of halogens is 1. The molecule has 144 valence electrons. The van der Waals surface area contributed by atoms with E-state index in [1.807, 2.05) is 23.0 Å². The van der Waals surface area contributed by atoms with Crippen molar-refractivity contribution in [2.75, 3.05) is 5.32 Å². The fourth-order valence-corrected chi connectivity index (χ4v) is 3.08. The molecular formula is C22H23FN4O. The van der Waals surface area contributed by atoms with Gasteiger partial charge in [-0.1, -0.05) is 6.92 Å². The van der Waals surface area contributed by atoms with Crippen LogP contribution in [0.25, 0.3) is 22.4 Å². The molecule has 0 radical (unpaired) electrons. The molecule has 1 aliphatic carbocycles. The monoisotopic (exact) mass is 378 g/mol. The zero-order chi connectivity index (χ0) is 19.7. The number of benzene rings is 1. The highest BCUT2D eigenvalue weighted by atomic mass is 19.1. The van der Waals surface area contributed by atoms with Crippen LogP contribution in [0.3, 0.4) is 0 Å². The van der Waals surface area contributed by atoms with E-state index < -0.39 is 0 Å². The first-order valence-electron chi connectivity index (χ1n) is 9.67. The molecule has 1 aromatic carbocycles. The van der Waals surface area contributed by atoms with E-state index in [1.54, 1.807) is 18.3 Å². The molecule has 4 rings (SSSR count). The Morgan fingerprint density at radius 3 is 2.68 bits per heavy atom. The Hall–Kier alpha value is -3.02. The fourth-order valence-electron chi connectivity index (χ4n) is 3.08. The van der Waals surface area contributed by atoms with Crippen LogP contribution in [0.15, 0.2) is 48.8 Å². The first-order valence-corrected chi connectivity index (χ1v) is 9.67. The van der Waals surface area contributed by atoms with Gasteiger partial charge in [-0.05, 0) is 68.1 Å². The Balaban J connectivity index is 1.74. The van der Waals surface area contributed by atoms with E-state index in [9.17, 15) is 9.18 Å². The SMILES string of the molecule is CCC(C)n1cc(-c2ccnc(NC(=O)C3CC3)c2)c(-c2ccc(F)cc2)n1. The first-order chi connectivity index (χ1) is 13.5. The van der Waals surface area contributed by atoms with Gasteiger partial charge in [0.25, 0.3) is 0 Å². The summed E-state index contributed by atoms with van der Waals surface area (Å²) in [4.78, 5) is 16.4. The molecule has 0 saturated heterocycles. The quantitative estimate of drug-likeness (QED) is 0.651. The van der Waals surface area contributed by atoms with Crippen LogP contribution in [-0.2, 0) is 4.79 Å². The molecule has 1 N–H and O–H groups in total. The molecule has 1 saturated carbocycles. The summed E-state index contributed by atoms with van der Waals surface area (Å²) in [6.45, 7) is 4.22. The van der Waals surface area contributed by atoms with Gasteiger partial charge in [0.1, 0.15) is 17.3 Å². The van der Waals surface area contributed by atoms with Gasteiger partial charge in [0.15, 0.2) is 0 Å². The molecular weight excluding hydrogens is 355 g/mol. The summed E-state index contributed by atoms with van der Waals surface area (Å²) in [5, 5.41) is 7.67. The number of rotatable bonds is 6. The van der Waals surface area contributed by atoms with Crippen LogP contribution in [0.4, 0.5) is 10.2 Å². The van der Waals surface area contributed by atoms with Crippen LogP contribution in [0, 0.1) is 11.7 Å². The molecule has 6 heteroatoms. The minimum atomic E-state index is -0.277. The van der Waals surface area contributed by atoms with Crippen LogP contribution in [-0.4, -0.2) is 20.7 Å². The van der Waals surface area contributed by atoms with Crippen molar-refractivity contribution in [3.63, 3.8) is 0 Å². The number of hydrogen-bond acceptors (Lipinski definition) is 3. The molecule has 1 amide bonds. The summed E-state index contributed by atoms with van der Waals surface area (Å²) in [6.07, 6.45) is 6.54. The topological polar surface area (TPSA) is 59.8 Å². The van der Waals surface area contributed by atoms with Gasteiger partial charge in [-0.2, -0.15) is 5.10 Å². The molecule has 0 spiro atoms. The van der Waals surface area contributed by atoms with Crippen LogP contribution in [0.5, 0.6) is 0 Å². The van der Waals surface area contributed by atoms with Gasteiger partial charge >= 0.3 is 0 Å². The zero-order valence-electron chi connectivity index (χ0n) is 16.0. The van der Waals surface area contributed by atoms with Crippen LogP contribution < -0.4 is 5.32 Å². The minimum Gasteiger partial charge on any atom is -0.310 e. The second kappa shape index (κ2) is 7.54. The third kappa shape index (κ3) is 3.81. The predicted octanol–water partition coefficient (Wildman–Crippen LogP) is 5.07. The lowest BCUT2D eigenvalue weighted by Crippen LogP contribution is -2.14. The normalized spacial score (nSPS) is 14.7. The van der Waals surface area contributed by atoms with Crippen molar-refractivity contribution in [1.29, 1.82) is 0 Å². The first kappa shape index (κ1) is 18.3. The summed E-state index contributed by atoms with van der Waals surface area (Å²) in [5.41, 5.74) is 3.47. The summed E-state index contributed by atoms with van der Waals surface area (Å²) in [6, 6.07) is 10.4. The largest absolute Gasteiger partial charge is 0.310 e. The van der Waals surface area contributed by atoms with E-state index in [1.165, 1.54) is 12.1 Å². The molecule has 3 aromatic rings. The van der Waals surface area contributed by atoms with E-state index in [2.05, 4.69) is 24.1 Å². The van der Waals surface area contributed by atoms with E-state index in [0.29, 0.717) is 5.82 Å². The fraction of sp³-hybridized carbons (Fsp3) is 0.318. The van der Waals surface area contributed by atoms with Crippen molar-refractivity contribution >= 4 is 11.7 Å². The highest BCUT2D eigenvalue weighted by molar-refractivity contribution is 5.94. The lowest BCUT2D eigenvalue weighted by molar-refractivity contribution is -0.117. The highest BCUT2D eigenvalue weighted by Crippen LogP contribution is 2.34.